The fourth-order valence-electron chi connectivity index (χ4n) is 1.65. The molecular formula is C9H17NO2. The Morgan fingerprint density at radius 2 is 2.42 bits per heavy atom. The second-order valence-electron chi connectivity index (χ2n) is 3.38. The second-order valence-corrected chi connectivity index (χ2v) is 3.38. The monoisotopic (exact) mass is 171 g/mol. The molecule has 1 saturated heterocycles. The molecule has 1 aliphatic heterocycles. The molecule has 0 aromatic rings. The Kier molecular flexibility index (Phi) is 3.53. The lowest BCUT2D eigenvalue weighted by molar-refractivity contribution is -0.137. The van der Waals surface area contributed by atoms with E-state index in [0.717, 1.165) is 25.8 Å². The van der Waals surface area contributed by atoms with Crippen LogP contribution in [0.2, 0.25) is 0 Å². The number of nitrogens with zero attached hydrogens (tertiary/aromatic N) is 1. The van der Waals surface area contributed by atoms with Gasteiger partial charge in [0.2, 0.25) is 5.91 Å². The van der Waals surface area contributed by atoms with Crippen molar-refractivity contribution >= 4 is 5.91 Å². The number of carbonyl (C=O) groups excluding carboxylic acids is 1. The summed E-state index contributed by atoms with van der Waals surface area (Å²) in [7, 11) is 3.55. The summed E-state index contributed by atoms with van der Waals surface area (Å²) in [6.45, 7) is 1.62. The average molecular weight is 171 g/mol. The number of hydrogen-bond donors (Lipinski definition) is 0. The van der Waals surface area contributed by atoms with E-state index in [1.54, 1.807) is 7.11 Å². The first-order valence-electron chi connectivity index (χ1n) is 4.49. The molecule has 0 spiro atoms. The zero-order chi connectivity index (χ0) is 8.97. The molecule has 1 aliphatic rings. The van der Waals surface area contributed by atoms with Crippen molar-refractivity contribution in [3.63, 3.8) is 0 Å². The predicted molar refractivity (Wildman–Crippen MR) is 46.9 cm³/mol. The lowest BCUT2D eigenvalue weighted by Crippen LogP contribution is -2.38. The molecule has 0 saturated carbocycles. The third-order valence-electron chi connectivity index (χ3n) is 2.44. The van der Waals surface area contributed by atoms with Gasteiger partial charge in [-0.25, -0.2) is 0 Å². The number of likely N-dealkylation sites (tertiary alicyclic amines) is 1. The summed E-state index contributed by atoms with van der Waals surface area (Å²) < 4.78 is 4.96. The van der Waals surface area contributed by atoms with Crippen LogP contribution in [0.1, 0.15) is 19.3 Å². The molecule has 0 N–H and O–H groups in total. The predicted octanol–water partition coefficient (Wildman–Crippen LogP) is 0.891. The van der Waals surface area contributed by atoms with Crippen LogP contribution in [0.3, 0.4) is 0 Å². The second kappa shape index (κ2) is 4.45. The molecule has 3 nitrogen and oxygen atoms in total. The Labute approximate surface area is 73.7 Å². The molecule has 3 heteroatoms. The van der Waals surface area contributed by atoms with Crippen LogP contribution in [-0.2, 0) is 9.53 Å². The third-order valence-corrected chi connectivity index (χ3v) is 2.44. The normalized spacial score (nSPS) is 24.7. The van der Waals surface area contributed by atoms with Gasteiger partial charge in [-0.05, 0) is 19.3 Å². The van der Waals surface area contributed by atoms with Crippen LogP contribution in [0.5, 0.6) is 0 Å². The highest BCUT2D eigenvalue weighted by Gasteiger charge is 2.25. The van der Waals surface area contributed by atoms with Crippen LogP contribution in [0.15, 0.2) is 0 Å². The Morgan fingerprint density at radius 1 is 1.67 bits per heavy atom. The lowest BCUT2D eigenvalue weighted by atomic mass is 9.95. The van der Waals surface area contributed by atoms with Gasteiger partial charge in [0.1, 0.15) is 0 Å². The minimum Gasteiger partial charge on any atom is -0.385 e. The van der Waals surface area contributed by atoms with E-state index in [2.05, 4.69) is 0 Å². The number of rotatable bonds is 3. The van der Waals surface area contributed by atoms with E-state index in [1.165, 1.54) is 0 Å². The quantitative estimate of drug-likeness (QED) is 0.631. The summed E-state index contributed by atoms with van der Waals surface area (Å²) in [5, 5.41) is 0. The van der Waals surface area contributed by atoms with Gasteiger partial charge < -0.3 is 9.64 Å². The molecule has 0 bridgehead atoms. The molecule has 1 rings (SSSR count). The van der Waals surface area contributed by atoms with Crippen LogP contribution in [0.25, 0.3) is 0 Å². The van der Waals surface area contributed by atoms with Crippen molar-refractivity contribution in [1.82, 2.24) is 4.90 Å². The highest BCUT2D eigenvalue weighted by molar-refractivity contribution is 5.79. The molecule has 12 heavy (non-hydrogen) atoms. The number of carbonyl (C=O) groups is 1. The number of methoxy groups -OCH3 is 1. The molecule has 1 atom stereocenters. The highest BCUT2D eigenvalue weighted by atomic mass is 16.5. The van der Waals surface area contributed by atoms with Gasteiger partial charge >= 0.3 is 0 Å². The average Bonchev–Trinajstić information content (AvgIpc) is 2.08. The van der Waals surface area contributed by atoms with E-state index in [9.17, 15) is 4.79 Å². The first-order chi connectivity index (χ1) is 5.75. The van der Waals surface area contributed by atoms with Gasteiger partial charge in [-0.15, -0.1) is 0 Å². The van der Waals surface area contributed by atoms with Crippen LogP contribution < -0.4 is 0 Å². The van der Waals surface area contributed by atoms with Gasteiger partial charge in [-0.1, -0.05) is 0 Å². The maximum absolute atomic E-state index is 11.5. The molecule has 0 aromatic carbocycles. The van der Waals surface area contributed by atoms with Crippen molar-refractivity contribution in [3.05, 3.63) is 0 Å². The number of piperidine rings is 1. The maximum Gasteiger partial charge on any atom is 0.225 e. The summed E-state index contributed by atoms with van der Waals surface area (Å²) in [6.07, 6.45) is 3.04. The molecule has 1 amide bonds. The van der Waals surface area contributed by atoms with Crippen LogP contribution in [0, 0.1) is 5.92 Å². The zero-order valence-corrected chi connectivity index (χ0v) is 7.88. The van der Waals surface area contributed by atoms with Crippen molar-refractivity contribution in [1.29, 1.82) is 0 Å². The van der Waals surface area contributed by atoms with Crippen LogP contribution in [-0.4, -0.2) is 38.1 Å². The van der Waals surface area contributed by atoms with E-state index in [1.807, 2.05) is 11.9 Å². The van der Waals surface area contributed by atoms with E-state index in [4.69, 9.17) is 4.74 Å². The van der Waals surface area contributed by atoms with Gasteiger partial charge in [0.15, 0.2) is 0 Å². The first-order valence-corrected chi connectivity index (χ1v) is 4.49. The molecular weight excluding hydrogens is 154 g/mol. The fraction of sp³-hybridized carbons (Fsp3) is 0.889. The lowest BCUT2D eigenvalue weighted by Gasteiger charge is -2.28. The molecule has 1 fully saturated rings. The molecule has 0 aromatic heterocycles. The van der Waals surface area contributed by atoms with Crippen LogP contribution >= 0.6 is 0 Å². The van der Waals surface area contributed by atoms with E-state index in [-0.39, 0.29) is 5.92 Å². The highest BCUT2D eigenvalue weighted by Crippen LogP contribution is 2.19. The summed E-state index contributed by atoms with van der Waals surface area (Å²) in [4.78, 5) is 13.3. The maximum atomic E-state index is 11.5. The SMILES string of the molecule is COCCC1CCCN(C)C1=O. The Morgan fingerprint density at radius 3 is 3.08 bits per heavy atom. The van der Waals surface area contributed by atoms with Crippen molar-refractivity contribution in [2.75, 3.05) is 27.3 Å². The number of ether oxygens (including phenoxy) is 1. The molecule has 0 aliphatic carbocycles. The zero-order valence-electron chi connectivity index (χ0n) is 7.88. The van der Waals surface area contributed by atoms with Crippen LogP contribution in [0.4, 0.5) is 0 Å². The van der Waals surface area contributed by atoms with Gasteiger partial charge in [0.05, 0.1) is 0 Å². The van der Waals surface area contributed by atoms with E-state index in [0.29, 0.717) is 12.5 Å². The summed E-state index contributed by atoms with van der Waals surface area (Å²) >= 11 is 0. The number of amides is 1. The molecule has 0 radical (unpaired) electrons. The van der Waals surface area contributed by atoms with Crippen molar-refractivity contribution in [2.24, 2.45) is 5.92 Å². The molecule has 1 heterocycles. The van der Waals surface area contributed by atoms with Gasteiger partial charge in [-0.2, -0.15) is 0 Å². The molecule has 70 valence electrons. The standard InChI is InChI=1S/C9H17NO2/c1-10-6-3-4-8(9(10)11)5-7-12-2/h8H,3-7H2,1-2H3. The topological polar surface area (TPSA) is 29.5 Å². The third kappa shape index (κ3) is 2.21. The minimum atomic E-state index is 0.212. The first kappa shape index (κ1) is 9.52. The summed E-state index contributed by atoms with van der Waals surface area (Å²) in [6, 6.07) is 0. The largest absolute Gasteiger partial charge is 0.385 e. The number of hydrogen-bond acceptors (Lipinski definition) is 2. The fourth-order valence-corrected chi connectivity index (χ4v) is 1.65. The smallest absolute Gasteiger partial charge is 0.225 e. The van der Waals surface area contributed by atoms with E-state index < -0.39 is 0 Å². The van der Waals surface area contributed by atoms with E-state index >= 15 is 0 Å². The summed E-state index contributed by atoms with van der Waals surface area (Å²) in [5.74, 6) is 0.502. The minimum absolute atomic E-state index is 0.212. The van der Waals surface area contributed by atoms with Crippen molar-refractivity contribution in [2.45, 2.75) is 19.3 Å². The summed E-state index contributed by atoms with van der Waals surface area (Å²) in [5.41, 5.74) is 0. The molecule has 1 unspecified atom stereocenters. The van der Waals surface area contributed by atoms with Gasteiger partial charge in [0.25, 0.3) is 0 Å². The van der Waals surface area contributed by atoms with Crippen molar-refractivity contribution in [3.8, 4) is 0 Å². The van der Waals surface area contributed by atoms with Crippen molar-refractivity contribution < 1.29 is 9.53 Å². The van der Waals surface area contributed by atoms with Gasteiger partial charge in [0, 0.05) is 33.2 Å². The van der Waals surface area contributed by atoms with Gasteiger partial charge in [-0.3, -0.25) is 4.79 Å². The Balaban J connectivity index is 2.36. The Hall–Kier alpha value is -0.570. The Bertz CT molecular complexity index is 159.